The first-order valence-electron chi connectivity index (χ1n) is 3.90. The Bertz CT molecular complexity index is 326. The van der Waals surface area contributed by atoms with Crippen LogP contribution < -0.4 is 0 Å². The number of carboxylic acid groups (broad SMARTS) is 1. The molecule has 0 aromatic rings. The van der Waals surface area contributed by atoms with Crippen molar-refractivity contribution in [3.05, 3.63) is 35.6 Å². The van der Waals surface area contributed by atoms with Crippen LogP contribution in [0.2, 0.25) is 0 Å². The molecule has 0 aromatic carbocycles. The summed E-state index contributed by atoms with van der Waals surface area (Å²) in [5, 5.41) is 35.9. The average molecular weight is 198 g/mol. The molecule has 4 N–H and O–H groups in total. The van der Waals surface area contributed by atoms with Gasteiger partial charge in [0.1, 0.15) is 18.0 Å². The van der Waals surface area contributed by atoms with E-state index in [-0.39, 0.29) is 11.3 Å². The van der Waals surface area contributed by atoms with Crippen LogP contribution in [-0.4, -0.2) is 38.6 Å². The van der Waals surface area contributed by atoms with Gasteiger partial charge in [-0.25, -0.2) is 4.79 Å². The third-order valence-electron chi connectivity index (χ3n) is 1.81. The number of carbonyl (C=O) groups is 1. The van der Waals surface area contributed by atoms with Crippen molar-refractivity contribution in [2.24, 2.45) is 0 Å². The van der Waals surface area contributed by atoms with E-state index in [4.69, 9.17) is 10.2 Å². The second-order valence-corrected chi connectivity index (χ2v) is 2.82. The fraction of sp³-hybridized carbons (Fsp3) is 0.222. The molecule has 2 atom stereocenters. The summed E-state index contributed by atoms with van der Waals surface area (Å²) in [7, 11) is 0. The Morgan fingerprint density at radius 3 is 2.50 bits per heavy atom. The molecule has 0 radical (unpaired) electrons. The summed E-state index contributed by atoms with van der Waals surface area (Å²) in [6.45, 7) is 0. The van der Waals surface area contributed by atoms with Crippen LogP contribution >= 0.6 is 0 Å². The molecule has 0 aromatic heterocycles. The predicted octanol–water partition coefficient (Wildman–Crippen LogP) is -0.269. The molecule has 14 heavy (non-hydrogen) atoms. The highest BCUT2D eigenvalue weighted by atomic mass is 16.4. The van der Waals surface area contributed by atoms with Crippen LogP contribution in [-0.2, 0) is 4.79 Å². The number of allylic oxidation sites excluding steroid dienone is 2. The lowest BCUT2D eigenvalue weighted by Gasteiger charge is -2.21. The Balaban J connectivity index is 2.85. The van der Waals surface area contributed by atoms with Crippen LogP contribution in [0, 0.1) is 0 Å². The second kappa shape index (κ2) is 4.08. The van der Waals surface area contributed by atoms with Crippen molar-refractivity contribution >= 4 is 5.97 Å². The zero-order chi connectivity index (χ0) is 10.7. The van der Waals surface area contributed by atoms with Crippen LogP contribution in [0.15, 0.2) is 35.6 Å². The molecule has 0 bridgehead atoms. The van der Waals surface area contributed by atoms with E-state index in [9.17, 15) is 15.0 Å². The molecule has 1 aliphatic carbocycles. The lowest BCUT2D eigenvalue weighted by atomic mass is 9.97. The van der Waals surface area contributed by atoms with Crippen LogP contribution in [0.1, 0.15) is 0 Å². The van der Waals surface area contributed by atoms with Crippen molar-refractivity contribution in [2.75, 3.05) is 0 Å². The van der Waals surface area contributed by atoms with Gasteiger partial charge in [-0.3, -0.25) is 0 Å². The summed E-state index contributed by atoms with van der Waals surface area (Å²) < 4.78 is 0. The van der Waals surface area contributed by atoms with E-state index >= 15 is 0 Å². The van der Waals surface area contributed by atoms with E-state index in [1.807, 2.05) is 0 Å². The minimum atomic E-state index is -1.39. The molecule has 0 fully saturated rings. The van der Waals surface area contributed by atoms with Crippen LogP contribution in [0.4, 0.5) is 0 Å². The first-order valence-corrected chi connectivity index (χ1v) is 3.90. The molecule has 5 nitrogen and oxygen atoms in total. The van der Waals surface area contributed by atoms with Gasteiger partial charge in [-0.2, -0.15) is 0 Å². The zero-order valence-corrected chi connectivity index (χ0v) is 7.16. The number of rotatable bonds is 2. The minimum absolute atomic E-state index is 0.234. The van der Waals surface area contributed by atoms with Crippen LogP contribution in [0.5, 0.6) is 0 Å². The summed E-state index contributed by atoms with van der Waals surface area (Å²) in [5.74, 6) is -1.49. The van der Waals surface area contributed by atoms with Gasteiger partial charge >= 0.3 is 5.97 Å². The van der Waals surface area contributed by atoms with Gasteiger partial charge in [-0.05, 0) is 17.7 Å². The molecular weight excluding hydrogens is 188 g/mol. The molecule has 2 unspecified atom stereocenters. The fourth-order valence-electron chi connectivity index (χ4n) is 1.04. The maximum atomic E-state index is 10.2. The summed E-state index contributed by atoms with van der Waals surface area (Å²) >= 11 is 0. The highest BCUT2D eigenvalue weighted by Gasteiger charge is 2.25. The van der Waals surface area contributed by atoms with Gasteiger partial charge in [0.05, 0.1) is 0 Å². The van der Waals surface area contributed by atoms with E-state index in [1.165, 1.54) is 18.2 Å². The smallest absolute Gasteiger partial charge is 0.328 e. The predicted molar refractivity (Wildman–Crippen MR) is 47.6 cm³/mol. The van der Waals surface area contributed by atoms with Crippen molar-refractivity contribution < 1.29 is 25.2 Å². The highest BCUT2D eigenvalue weighted by molar-refractivity contribution is 5.80. The SMILES string of the molecule is O=C(O)/C=C/C1=CC=C(O)C(O)C1O. The Morgan fingerprint density at radius 2 is 1.93 bits per heavy atom. The molecule has 0 saturated heterocycles. The molecule has 76 valence electrons. The first kappa shape index (κ1) is 10.5. The zero-order valence-electron chi connectivity index (χ0n) is 7.16. The molecule has 1 rings (SSSR count). The lowest BCUT2D eigenvalue weighted by molar-refractivity contribution is -0.131. The van der Waals surface area contributed by atoms with Crippen molar-refractivity contribution in [2.45, 2.75) is 12.2 Å². The number of aliphatic carboxylic acids is 1. The number of carboxylic acids is 1. The Kier molecular flexibility index (Phi) is 3.06. The molecule has 0 heterocycles. The minimum Gasteiger partial charge on any atom is -0.509 e. The van der Waals surface area contributed by atoms with Gasteiger partial charge in [0.15, 0.2) is 0 Å². The quantitative estimate of drug-likeness (QED) is 0.458. The van der Waals surface area contributed by atoms with Gasteiger partial charge in [-0.1, -0.05) is 6.08 Å². The normalized spacial score (nSPS) is 27.3. The van der Waals surface area contributed by atoms with Gasteiger partial charge in [-0.15, -0.1) is 0 Å². The Hall–Kier alpha value is -1.59. The van der Waals surface area contributed by atoms with Crippen molar-refractivity contribution in [1.82, 2.24) is 0 Å². The average Bonchev–Trinajstić information content (AvgIpc) is 2.13. The number of aliphatic hydroxyl groups is 3. The maximum absolute atomic E-state index is 10.2. The highest BCUT2D eigenvalue weighted by Crippen LogP contribution is 2.18. The largest absolute Gasteiger partial charge is 0.509 e. The topological polar surface area (TPSA) is 98.0 Å². The van der Waals surface area contributed by atoms with Gasteiger partial charge in [0.25, 0.3) is 0 Å². The third-order valence-corrected chi connectivity index (χ3v) is 1.81. The van der Waals surface area contributed by atoms with Gasteiger partial charge < -0.3 is 20.4 Å². The monoisotopic (exact) mass is 198 g/mol. The molecule has 0 spiro atoms. The number of hydrogen-bond donors (Lipinski definition) is 4. The fourth-order valence-corrected chi connectivity index (χ4v) is 1.04. The summed E-state index contributed by atoms with van der Waals surface area (Å²) in [6, 6.07) is 0. The standard InChI is InChI=1S/C9H10O5/c10-6-3-1-5(2-4-7(11)12)8(13)9(6)14/h1-4,8-10,13-14H,(H,11,12)/b4-2+. The Morgan fingerprint density at radius 1 is 1.29 bits per heavy atom. The van der Waals surface area contributed by atoms with Crippen molar-refractivity contribution in [1.29, 1.82) is 0 Å². The molecule has 5 heteroatoms. The molecule has 0 amide bonds. The van der Waals surface area contributed by atoms with E-state index in [1.54, 1.807) is 0 Å². The van der Waals surface area contributed by atoms with Crippen LogP contribution in [0.3, 0.4) is 0 Å². The summed E-state index contributed by atoms with van der Waals surface area (Å²) in [5.41, 5.74) is 0.234. The summed E-state index contributed by atoms with van der Waals surface area (Å²) in [6.07, 6.45) is 1.87. The third kappa shape index (κ3) is 2.21. The van der Waals surface area contributed by atoms with E-state index < -0.39 is 18.2 Å². The van der Waals surface area contributed by atoms with E-state index in [2.05, 4.69) is 0 Å². The van der Waals surface area contributed by atoms with Crippen molar-refractivity contribution in [3.63, 3.8) is 0 Å². The van der Waals surface area contributed by atoms with Crippen LogP contribution in [0.25, 0.3) is 0 Å². The van der Waals surface area contributed by atoms with Gasteiger partial charge in [0.2, 0.25) is 0 Å². The molecular formula is C9H10O5. The Labute approximate surface area is 79.9 Å². The maximum Gasteiger partial charge on any atom is 0.328 e. The first-order chi connectivity index (χ1) is 6.52. The van der Waals surface area contributed by atoms with Crippen molar-refractivity contribution in [3.8, 4) is 0 Å². The lowest BCUT2D eigenvalue weighted by Crippen LogP contribution is -2.31. The molecule has 0 aliphatic heterocycles. The number of hydrogen-bond acceptors (Lipinski definition) is 4. The summed E-state index contributed by atoms with van der Waals surface area (Å²) in [4.78, 5) is 10.2. The van der Waals surface area contributed by atoms with Gasteiger partial charge in [0, 0.05) is 6.08 Å². The second-order valence-electron chi connectivity index (χ2n) is 2.82. The molecule has 1 aliphatic rings. The van der Waals surface area contributed by atoms with E-state index in [0.29, 0.717) is 0 Å². The van der Waals surface area contributed by atoms with E-state index in [0.717, 1.165) is 6.08 Å². The number of aliphatic hydroxyl groups excluding tert-OH is 3. The molecule has 0 saturated carbocycles.